The normalized spacial score (nSPS) is 14.7. The number of carbonyl (C=O) groups is 1. The van der Waals surface area contributed by atoms with Crippen LogP contribution in [0, 0.1) is 18.2 Å². The predicted molar refractivity (Wildman–Crippen MR) is 82.9 cm³/mol. The topological polar surface area (TPSA) is 29.5 Å². The number of rotatable bonds is 2. The van der Waals surface area contributed by atoms with Gasteiger partial charge in [-0.2, -0.15) is 0 Å². The van der Waals surface area contributed by atoms with E-state index in [2.05, 4.69) is 5.92 Å². The average Bonchev–Trinajstić information content (AvgIpc) is 2.56. The first kappa shape index (κ1) is 14.3. The van der Waals surface area contributed by atoms with Gasteiger partial charge in [-0.3, -0.25) is 4.79 Å². The fraction of sp³-hybridized carbons (Fsp3) is 0.167. The molecule has 0 bridgehead atoms. The molecular formula is C18H14FNO2. The molecule has 1 amide bonds. The van der Waals surface area contributed by atoms with Gasteiger partial charge in [-0.1, -0.05) is 24.1 Å². The maximum absolute atomic E-state index is 14.4. The summed E-state index contributed by atoms with van der Waals surface area (Å²) in [7, 11) is 0. The summed E-state index contributed by atoms with van der Waals surface area (Å²) in [4.78, 5) is 13.2. The highest BCUT2D eigenvalue weighted by Crippen LogP contribution is 2.27. The van der Waals surface area contributed by atoms with E-state index in [1.807, 2.05) is 24.3 Å². The van der Waals surface area contributed by atoms with E-state index in [0.717, 1.165) is 16.7 Å². The fourth-order valence-corrected chi connectivity index (χ4v) is 2.44. The lowest BCUT2D eigenvalue weighted by atomic mass is 10.0. The Hall–Kier alpha value is -2.64. The number of hydrogen-bond donors (Lipinski definition) is 0. The van der Waals surface area contributed by atoms with Crippen LogP contribution in [0.15, 0.2) is 42.5 Å². The molecule has 22 heavy (non-hydrogen) atoms. The molecule has 0 radical (unpaired) electrons. The van der Waals surface area contributed by atoms with Crippen LogP contribution < -0.4 is 4.90 Å². The van der Waals surface area contributed by atoms with Crippen molar-refractivity contribution in [2.75, 3.05) is 24.7 Å². The van der Waals surface area contributed by atoms with Gasteiger partial charge in [0.1, 0.15) is 12.4 Å². The molecule has 3 nitrogen and oxygen atoms in total. The standard InChI is InChI=1S/C18H14FNO2/c1-2-13-3-5-14(6-4-13)15-7-8-17(16(19)11-15)20-9-10-22-12-18(20)21/h1,3-8,11H,9-10,12H2. The highest BCUT2D eigenvalue weighted by Gasteiger charge is 2.22. The smallest absolute Gasteiger partial charge is 0.253 e. The Kier molecular flexibility index (Phi) is 3.90. The van der Waals surface area contributed by atoms with Crippen molar-refractivity contribution in [2.45, 2.75) is 0 Å². The second-order valence-electron chi connectivity index (χ2n) is 4.99. The number of benzene rings is 2. The third-order valence-corrected chi connectivity index (χ3v) is 3.61. The van der Waals surface area contributed by atoms with Gasteiger partial charge in [0, 0.05) is 12.1 Å². The molecule has 0 saturated carbocycles. The number of carbonyl (C=O) groups excluding carboxylic acids is 1. The van der Waals surface area contributed by atoms with Crippen LogP contribution in [0.1, 0.15) is 5.56 Å². The van der Waals surface area contributed by atoms with Crippen LogP contribution in [0.5, 0.6) is 0 Å². The first-order chi connectivity index (χ1) is 10.7. The highest BCUT2D eigenvalue weighted by molar-refractivity contribution is 5.95. The number of amides is 1. The number of morpholine rings is 1. The van der Waals surface area contributed by atoms with Crippen molar-refractivity contribution in [1.29, 1.82) is 0 Å². The quantitative estimate of drug-likeness (QED) is 0.797. The number of hydrogen-bond acceptors (Lipinski definition) is 2. The van der Waals surface area contributed by atoms with Crippen LogP contribution in [-0.4, -0.2) is 25.7 Å². The van der Waals surface area contributed by atoms with Crippen LogP contribution in [0.3, 0.4) is 0 Å². The van der Waals surface area contributed by atoms with E-state index in [1.165, 1.54) is 11.0 Å². The molecule has 1 aliphatic heterocycles. The first-order valence-electron chi connectivity index (χ1n) is 6.94. The number of halogens is 1. The van der Waals surface area contributed by atoms with Crippen LogP contribution in [0.4, 0.5) is 10.1 Å². The van der Waals surface area contributed by atoms with Gasteiger partial charge in [-0.25, -0.2) is 4.39 Å². The van der Waals surface area contributed by atoms with E-state index in [-0.39, 0.29) is 18.2 Å². The molecule has 1 aliphatic rings. The molecule has 0 unspecified atom stereocenters. The van der Waals surface area contributed by atoms with Crippen molar-refractivity contribution < 1.29 is 13.9 Å². The summed E-state index contributed by atoms with van der Waals surface area (Å²) in [5, 5.41) is 0. The minimum Gasteiger partial charge on any atom is -0.370 e. The number of anilines is 1. The van der Waals surface area contributed by atoms with Crippen molar-refractivity contribution in [3.63, 3.8) is 0 Å². The molecule has 2 aromatic carbocycles. The zero-order chi connectivity index (χ0) is 15.5. The zero-order valence-corrected chi connectivity index (χ0v) is 11.9. The first-order valence-corrected chi connectivity index (χ1v) is 6.94. The van der Waals surface area contributed by atoms with Gasteiger partial charge >= 0.3 is 0 Å². The summed E-state index contributed by atoms with van der Waals surface area (Å²) in [6, 6.07) is 12.2. The van der Waals surface area contributed by atoms with Crippen molar-refractivity contribution in [2.24, 2.45) is 0 Å². The van der Waals surface area contributed by atoms with E-state index < -0.39 is 5.82 Å². The Morgan fingerprint density at radius 1 is 1.14 bits per heavy atom. The van der Waals surface area contributed by atoms with E-state index in [4.69, 9.17) is 11.2 Å². The van der Waals surface area contributed by atoms with Crippen molar-refractivity contribution >= 4 is 11.6 Å². The summed E-state index contributed by atoms with van der Waals surface area (Å²) in [5.74, 6) is 1.90. The summed E-state index contributed by atoms with van der Waals surface area (Å²) < 4.78 is 19.4. The van der Waals surface area contributed by atoms with E-state index in [9.17, 15) is 9.18 Å². The van der Waals surface area contributed by atoms with Gasteiger partial charge in [0.15, 0.2) is 0 Å². The molecule has 0 spiro atoms. The van der Waals surface area contributed by atoms with Crippen molar-refractivity contribution in [1.82, 2.24) is 0 Å². The SMILES string of the molecule is C#Cc1ccc(-c2ccc(N3CCOCC3=O)c(F)c2)cc1. The van der Waals surface area contributed by atoms with E-state index >= 15 is 0 Å². The van der Waals surface area contributed by atoms with E-state index in [1.54, 1.807) is 12.1 Å². The number of nitrogens with zero attached hydrogens (tertiary/aromatic N) is 1. The van der Waals surface area contributed by atoms with Gasteiger partial charge in [0.25, 0.3) is 5.91 Å². The Bertz CT molecular complexity index is 747. The molecular weight excluding hydrogens is 281 g/mol. The fourth-order valence-electron chi connectivity index (χ4n) is 2.44. The van der Waals surface area contributed by atoms with Crippen LogP contribution in [0.25, 0.3) is 11.1 Å². The third kappa shape index (κ3) is 2.72. The molecule has 0 atom stereocenters. The number of ether oxygens (including phenoxy) is 1. The molecule has 110 valence electrons. The van der Waals surface area contributed by atoms with Crippen molar-refractivity contribution in [3.05, 3.63) is 53.8 Å². The Morgan fingerprint density at radius 2 is 1.86 bits per heavy atom. The van der Waals surface area contributed by atoms with E-state index in [0.29, 0.717) is 13.2 Å². The molecule has 4 heteroatoms. The van der Waals surface area contributed by atoms with Crippen molar-refractivity contribution in [3.8, 4) is 23.5 Å². The van der Waals surface area contributed by atoms with Crippen LogP contribution >= 0.6 is 0 Å². The van der Waals surface area contributed by atoms with Crippen LogP contribution in [-0.2, 0) is 9.53 Å². The molecule has 1 heterocycles. The van der Waals surface area contributed by atoms with Crippen LogP contribution in [0.2, 0.25) is 0 Å². The summed E-state index contributed by atoms with van der Waals surface area (Å²) >= 11 is 0. The lowest BCUT2D eigenvalue weighted by Crippen LogP contribution is -2.42. The largest absolute Gasteiger partial charge is 0.370 e. The molecule has 3 rings (SSSR count). The van der Waals surface area contributed by atoms with Gasteiger partial charge in [-0.15, -0.1) is 6.42 Å². The Morgan fingerprint density at radius 3 is 2.50 bits per heavy atom. The lowest BCUT2D eigenvalue weighted by Gasteiger charge is -2.27. The highest BCUT2D eigenvalue weighted by atomic mass is 19.1. The second kappa shape index (κ2) is 6.00. The minimum atomic E-state index is -0.422. The average molecular weight is 295 g/mol. The Labute approximate surface area is 128 Å². The Balaban J connectivity index is 1.91. The summed E-state index contributed by atoms with van der Waals surface area (Å²) in [6.07, 6.45) is 5.32. The molecule has 0 aromatic heterocycles. The number of terminal acetylenes is 1. The van der Waals surface area contributed by atoms with Gasteiger partial charge < -0.3 is 9.64 Å². The second-order valence-corrected chi connectivity index (χ2v) is 4.99. The molecule has 1 fully saturated rings. The predicted octanol–water partition coefficient (Wildman–Crippen LogP) is 2.84. The lowest BCUT2D eigenvalue weighted by molar-refractivity contribution is -0.125. The summed E-state index contributed by atoms with van der Waals surface area (Å²) in [6.45, 7) is 0.779. The third-order valence-electron chi connectivity index (χ3n) is 3.61. The molecule has 0 aliphatic carbocycles. The van der Waals surface area contributed by atoms with Gasteiger partial charge in [0.05, 0.1) is 12.3 Å². The summed E-state index contributed by atoms with van der Waals surface area (Å²) in [5.41, 5.74) is 2.68. The molecule has 2 aromatic rings. The molecule has 1 saturated heterocycles. The molecule has 0 N–H and O–H groups in total. The minimum absolute atomic E-state index is 0.00522. The monoisotopic (exact) mass is 295 g/mol. The maximum Gasteiger partial charge on any atom is 0.253 e. The maximum atomic E-state index is 14.4. The van der Waals surface area contributed by atoms with Gasteiger partial charge in [-0.05, 0) is 35.4 Å². The van der Waals surface area contributed by atoms with Gasteiger partial charge in [0.2, 0.25) is 0 Å². The zero-order valence-electron chi connectivity index (χ0n) is 11.9.